The number of pyridine rings is 1. The average Bonchev–Trinajstić information content (AvgIpc) is 3.06. The second-order valence-corrected chi connectivity index (χ2v) is 10.4. The Labute approximate surface area is 258 Å². The van der Waals surface area contributed by atoms with Crippen LogP contribution < -0.4 is 15.5 Å². The summed E-state index contributed by atoms with van der Waals surface area (Å²) in [6.07, 6.45) is 5.54. The summed E-state index contributed by atoms with van der Waals surface area (Å²) in [6.45, 7) is 10.1. The van der Waals surface area contributed by atoms with Gasteiger partial charge in [0.2, 0.25) is 5.95 Å². The number of amides is 1. The van der Waals surface area contributed by atoms with Crippen molar-refractivity contribution in [2.45, 2.75) is 26.9 Å². The number of hydrogen-bond acceptors (Lipinski definition) is 10. The molecule has 2 aromatic carbocycles. The van der Waals surface area contributed by atoms with Gasteiger partial charge in [-0.25, -0.2) is 9.97 Å². The summed E-state index contributed by atoms with van der Waals surface area (Å²) in [5, 5.41) is 6.22. The van der Waals surface area contributed by atoms with Crippen molar-refractivity contribution in [2.75, 3.05) is 55.6 Å². The molecule has 0 radical (unpaired) electrons. The maximum Gasteiger partial charge on any atom is 0.294 e. The Hall–Kier alpha value is -4.87. The van der Waals surface area contributed by atoms with E-state index < -0.39 is 0 Å². The highest BCUT2D eigenvalue weighted by Gasteiger charge is 2.17. The first-order valence-corrected chi connectivity index (χ1v) is 14.4. The Bertz CT molecular complexity index is 1490. The van der Waals surface area contributed by atoms with E-state index in [2.05, 4.69) is 35.4 Å². The molecule has 2 aromatic heterocycles. The summed E-state index contributed by atoms with van der Waals surface area (Å²) in [4.78, 5) is 40.9. The Morgan fingerprint density at radius 3 is 2.43 bits per heavy atom. The van der Waals surface area contributed by atoms with Crippen molar-refractivity contribution in [2.24, 2.45) is 0 Å². The third-order valence-corrected chi connectivity index (χ3v) is 7.02. The van der Waals surface area contributed by atoms with Crippen LogP contribution in [0.3, 0.4) is 0 Å². The smallest absolute Gasteiger partial charge is 0.294 e. The van der Waals surface area contributed by atoms with Crippen LogP contribution in [0.2, 0.25) is 0 Å². The molecule has 1 saturated heterocycles. The summed E-state index contributed by atoms with van der Waals surface area (Å²) in [5.74, 6) is 0.226. The first kappa shape index (κ1) is 32.1. The highest BCUT2D eigenvalue weighted by Crippen LogP contribution is 2.24. The average molecular weight is 598 g/mol. The lowest BCUT2D eigenvalue weighted by Gasteiger charge is -2.35. The molecule has 1 aliphatic heterocycles. The molecule has 0 unspecified atom stereocenters. The van der Waals surface area contributed by atoms with E-state index in [1.165, 1.54) is 0 Å². The van der Waals surface area contributed by atoms with E-state index in [0.29, 0.717) is 36.5 Å². The van der Waals surface area contributed by atoms with Gasteiger partial charge in [-0.3, -0.25) is 19.5 Å². The maximum absolute atomic E-state index is 13.0. The molecule has 0 atom stereocenters. The number of rotatable bonds is 10. The van der Waals surface area contributed by atoms with Gasteiger partial charge in [0, 0.05) is 80.1 Å². The number of hydrogen-bond donors (Lipinski definition) is 2. The van der Waals surface area contributed by atoms with Crippen LogP contribution in [0.5, 0.6) is 0 Å². The van der Waals surface area contributed by atoms with Gasteiger partial charge >= 0.3 is 0 Å². The maximum atomic E-state index is 13.0. The highest BCUT2D eigenvalue weighted by atomic mass is 16.5. The molecule has 3 heterocycles. The molecule has 230 valence electrons. The number of benzene rings is 2. The molecule has 11 heteroatoms. The predicted molar refractivity (Wildman–Crippen MR) is 172 cm³/mol. The number of methoxy groups -OCH3 is 1. The van der Waals surface area contributed by atoms with Gasteiger partial charge < -0.3 is 25.0 Å². The molecule has 1 amide bonds. The molecule has 1 fully saturated rings. The number of aryl methyl sites for hydroxylation is 1. The van der Waals surface area contributed by atoms with Crippen molar-refractivity contribution in [1.82, 2.24) is 19.9 Å². The van der Waals surface area contributed by atoms with Gasteiger partial charge in [-0.15, -0.1) is 0 Å². The number of aromatic nitrogens is 3. The monoisotopic (exact) mass is 597 g/mol. The van der Waals surface area contributed by atoms with E-state index in [1.807, 2.05) is 69.3 Å². The zero-order valence-corrected chi connectivity index (χ0v) is 25.6. The standard InChI is InChI=1S/C29H29N7O3.C4H10O/c1-21-4-5-22(17-27(21)34-29-31-12-10-26(33-29)23-3-2-11-30-18-23)28(38)32-24-6-8-25(9-7-24)36-15-13-35(14-16-36)19-39-20-37;1-4(2)5-3/h2-12,17-18,20H,13-16,19H2,1H3,(H,32,38)(H,31,33,34);4H,1-3H3. The highest BCUT2D eigenvalue weighted by molar-refractivity contribution is 6.05. The first-order chi connectivity index (χ1) is 21.4. The lowest BCUT2D eigenvalue weighted by Crippen LogP contribution is -2.47. The molecule has 0 saturated carbocycles. The zero-order valence-electron chi connectivity index (χ0n) is 25.6. The summed E-state index contributed by atoms with van der Waals surface area (Å²) < 4.78 is 9.59. The summed E-state index contributed by atoms with van der Waals surface area (Å²) >= 11 is 0. The van der Waals surface area contributed by atoms with E-state index in [4.69, 9.17) is 9.47 Å². The topological polar surface area (TPSA) is 122 Å². The Morgan fingerprint density at radius 2 is 1.77 bits per heavy atom. The quantitative estimate of drug-likeness (QED) is 0.238. The van der Waals surface area contributed by atoms with Crippen LogP contribution in [0.25, 0.3) is 11.3 Å². The molecule has 44 heavy (non-hydrogen) atoms. The molecule has 0 aliphatic carbocycles. The van der Waals surface area contributed by atoms with Gasteiger partial charge in [-0.2, -0.15) is 0 Å². The zero-order chi connectivity index (χ0) is 31.3. The number of piperazine rings is 1. The number of carbonyl (C=O) groups is 2. The number of anilines is 4. The van der Waals surface area contributed by atoms with Crippen LogP contribution in [0.15, 0.2) is 79.3 Å². The largest absolute Gasteiger partial charge is 0.452 e. The minimum atomic E-state index is -0.209. The third-order valence-electron chi connectivity index (χ3n) is 7.02. The van der Waals surface area contributed by atoms with Crippen molar-refractivity contribution in [3.8, 4) is 11.3 Å². The molecule has 0 spiro atoms. The Balaban J connectivity index is 0.000000818. The van der Waals surface area contributed by atoms with E-state index in [-0.39, 0.29) is 5.91 Å². The van der Waals surface area contributed by atoms with E-state index in [9.17, 15) is 9.59 Å². The molecule has 1 aliphatic rings. The van der Waals surface area contributed by atoms with Crippen LogP contribution in [0.1, 0.15) is 29.8 Å². The SMILES string of the molecule is COC(C)C.Cc1ccc(C(=O)Nc2ccc(N3CCN(COC=O)CC3)cc2)cc1Nc1nccc(-c2cccnc2)n1. The number of nitrogens with zero attached hydrogens (tertiary/aromatic N) is 5. The van der Waals surface area contributed by atoms with Gasteiger partial charge in [-0.05, 0) is 80.9 Å². The van der Waals surface area contributed by atoms with E-state index in [1.54, 1.807) is 37.8 Å². The molecule has 11 nitrogen and oxygen atoms in total. The molecule has 5 rings (SSSR count). The van der Waals surface area contributed by atoms with Gasteiger partial charge in [0.05, 0.1) is 11.8 Å². The lowest BCUT2D eigenvalue weighted by molar-refractivity contribution is -0.133. The van der Waals surface area contributed by atoms with Crippen LogP contribution in [0, 0.1) is 6.92 Å². The fourth-order valence-corrected chi connectivity index (χ4v) is 4.34. The fourth-order valence-electron chi connectivity index (χ4n) is 4.34. The van der Waals surface area contributed by atoms with E-state index in [0.717, 1.165) is 54.4 Å². The van der Waals surface area contributed by atoms with Gasteiger partial charge in [-0.1, -0.05) is 6.07 Å². The first-order valence-electron chi connectivity index (χ1n) is 14.4. The van der Waals surface area contributed by atoms with Gasteiger partial charge in [0.15, 0.2) is 0 Å². The minimum Gasteiger partial charge on any atom is -0.452 e. The van der Waals surface area contributed by atoms with Crippen molar-refractivity contribution in [1.29, 1.82) is 0 Å². The predicted octanol–water partition coefficient (Wildman–Crippen LogP) is 5.14. The fraction of sp³-hybridized carbons (Fsp3) is 0.303. The molecule has 2 N–H and O–H groups in total. The molecular formula is C33H39N7O4. The Kier molecular flexibility index (Phi) is 11.7. The van der Waals surface area contributed by atoms with Crippen molar-refractivity contribution in [3.63, 3.8) is 0 Å². The van der Waals surface area contributed by atoms with Crippen LogP contribution >= 0.6 is 0 Å². The summed E-state index contributed by atoms with van der Waals surface area (Å²) in [6, 6.07) is 18.9. The van der Waals surface area contributed by atoms with E-state index >= 15 is 0 Å². The van der Waals surface area contributed by atoms with Crippen LogP contribution in [-0.2, 0) is 14.3 Å². The lowest BCUT2D eigenvalue weighted by atomic mass is 10.1. The second-order valence-electron chi connectivity index (χ2n) is 10.4. The van der Waals surface area contributed by atoms with Gasteiger partial charge in [0.25, 0.3) is 12.4 Å². The normalized spacial score (nSPS) is 13.1. The van der Waals surface area contributed by atoms with Crippen molar-refractivity contribution < 1.29 is 19.1 Å². The number of nitrogens with one attached hydrogen (secondary N) is 2. The van der Waals surface area contributed by atoms with Gasteiger partial charge in [0.1, 0.15) is 6.73 Å². The van der Waals surface area contributed by atoms with Crippen molar-refractivity contribution >= 4 is 35.4 Å². The molecule has 4 aromatic rings. The molecule has 0 bridgehead atoms. The number of carbonyl (C=O) groups excluding carboxylic acids is 2. The molecular weight excluding hydrogens is 558 g/mol. The van der Waals surface area contributed by atoms with Crippen LogP contribution in [0.4, 0.5) is 23.0 Å². The van der Waals surface area contributed by atoms with Crippen molar-refractivity contribution in [3.05, 3.63) is 90.4 Å². The second kappa shape index (κ2) is 16.1. The third kappa shape index (κ3) is 9.32. The summed E-state index contributed by atoms with van der Waals surface area (Å²) in [5.41, 5.74) is 5.67. The summed E-state index contributed by atoms with van der Waals surface area (Å²) in [7, 11) is 1.70. The minimum absolute atomic E-state index is 0.209. The Morgan fingerprint density at radius 1 is 1.02 bits per heavy atom. The van der Waals surface area contributed by atoms with Crippen LogP contribution in [-0.4, -0.2) is 78.4 Å². The number of ether oxygens (including phenoxy) is 2.